The zero-order chi connectivity index (χ0) is 20.2. The molecule has 29 heavy (non-hydrogen) atoms. The smallest absolute Gasteiger partial charge is 0.263 e. The Bertz CT molecular complexity index is 1210. The number of nitriles is 1. The lowest BCUT2D eigenvalue weighted by atomic mass is 10.3. The zero-order valence-electron chi connectivity index (χ0n) is 15.3. The number of hydrogen-bond acceptors (Lipinski definition) is 7. The summed E-state index contributed by atoms with van der Waals surface area (Å²) in [5, 5.41) is 17.0. The van der Waals surface area contributed by atoms with Crippen molar-refractivity contribution in [3.8, 4) is 23.4 Å². The van der Waals surface area contributed by atoms with E-state index in [1.807, 2.05) is 30.3 Å². The second kappa shape index (κ2) is 8.00. The SMILES string of the molecule is COc1ccc(-n2nc(C#N)cc2NC(=O)COc2nsc3ccccc23)cc1. The van der Waals surface area contributed by atoms with Crippen LogP contribution < -0.4 is 14.8 Å². The van der Waals surface area contributed by atoms with Crippen molar-refractivity contribution in [2.24, 2.45) is 0 Å². The molecule has 4 rings (SSSR count). The Labute approximate surface area is 170 Å². The number of carbonyl (C=O) groups is 1. The number of fused-ring (bicyclic) bond motifs is 1. The van der Waals surface area contributed by atoms with E-state index in [9.17, 15) is 10.1 Å². The highest BCUT2D eigenvalue weighted by Crippen LogP contribution is 2.28. The van der Waals surface area contributed by atoms with Gasteiger partial charge in [0.15, 0.2) is 12.3 Å². The lowest BCUT2D eigenvalue weighted by Crippen LogP contribution is -2.22. The van der Waals surface area contributed by atoms with E-state index in [2.05, 4.69) is 14.8 Å². The summed E-state index contributed by atoms with van der Waals surface area (Å²) in [4.78, 5) is 12.4. The van der Waals surface area contributed by atoms with Crippen molar-refractivity contribution in [2.45, 2.75) is 0 Å². The number of rotatable bonds is 6. The number of hydrogen-bond donors (Lipinski definition) is 1. The number of nitrogens with zero attached hydrogens (tertiary/aromatic N) is 4. The van der Waals surface area contributed by atoms with Crippen molar-refractivity contribution in [1.82, 2.24) is 14.2 Å². The predicted octanol–water partition coefficient (Wildman–Crippen LogP) is 3.38. The van der Waals surface area contributed by atoms with Gasteiger partial charge in [0.2, 0.25) is 5.88 Å². The van der Waals surface area contributed by atoms with Crippen LogP contribution in [0.1, 0.15) is 5.69 Å². The van der Waals surface area contributed by atoms with Crippen LogP contribution in [0.2, 0.25) is 0 Å². The highest BCUT2D eigenvalue weighted by atomic mass is 32.1. The van der Waals surface area contributed by atoms with Gasteiger partial charge in [-0.05, 0) is 47.9 Å². The van der Waals surface area contributed by atoms with E-state index in [0.717, 1.165) is 10.1 Å². The van der Waals surface area contributed by atoms with Gasteiger partial charge >= 0.3 is 0 Å². The molecule has 0 bridgehead atoms. The molecule has 0 spiro atoms. The number of aromatic nitrogens is 3. The molecular weight excluding hydrogens is 390 g/mol. The molecule has 0 aliphatic rings. The molecule has 1 N–H and O–H groups in total. The first-order chi connectivity index (χ1) is 14.2. The van der Waals surface area contributed by atoms with Crippen LogP contribution in [0.5, 0.6) is 11.6 Å². The van der Waals surface area contributed by atoms with Crippen LogP contribution in [0, 0.1) is 11.3 Å². The lowest BCUT2D eigenvalue weighted by molar-refractivity contribution is -0.118. The Balaban J connectivity index is 1.50. The minimum atomic E-state index is -0.388. The normalized spacial score (nSPS) is 10.5. The molecule has 1 amide bonds. The van der Waals surface area contributed by atoms with Gasteiger partial charge in [-0.2, -0.15) is 14.7 Å². The van der Waals surface area contributed by atoms with Gasteiger partial charge in [0.25, 0.3) is 5.91 Å². The van der Waals surface area contributed by atoms with Crippen LogP contribution in [0.15, 0.2) is 54.6 Å². The fourth-order valence-corrected chi connectivity index (χ4v) is 3.45. The second-order valence-electron chi connectivity index (χ2n) is 5.96. The van der Waals surface area contributed by atoms with Gasteiger partial charge < -0.3 is 14.8 Å². The molecule has 0 aliphatic heterocycles. The molecule has 144 valence electrons. The maximum Gasteiger partial charge on any atom is 0.263 e. The molecular formula is C20H15N5O3S. The van der Waals surface area contributed by atoms with Crippen LogP contribution in [0.25, 0.3) is 15.8 Å². The highest BCUT2D eigenvalue weighted by molar-refractivity contribution is 7.13. The molecule has 0 atom stereocenters. The Kier molecular flexibility index (Phi) is 5.09. The minimum Gasteiger partial charge on any atom is -0.497 e. The standard InChI is InChI=1S/C20H15N5O3S/c1-27-15-8-6-14(7-9-15)25-18(10-13(11-21)23-25)22-19(26)12-28-20-16-4-2-3-5-17(16)29-24-20/h2-10H,12H2,1H3,(H,22,26). The third-order valence-electron chi connectivity index (χ3n) is 4.09. The highest BCUT2D eigenvalue weighted by Gasteiger charge is 2.14. The van der Waals surface area contributed by atoms with E-state index >= 15 is 0 Å². The van der Waals surface area contributed by atoms with Crippen molar-refractivity contribution in [2.75, 3.05) is 19.0 Å². The first kappa shape index (κ1) is 18.5. The summed E-state index contributed by atoms with van der Waals surface area (Å²) in [5.74, 6) is 1.09. The zero-order valence-corrected chi connectivity index (χ0v) is 16.1. The van der Waals surface area contributed by atoms with Crippen molar-refractivity contribution in [1.29, 1.82) is 5.26 Å². The van der Waals surface area contributed by atoms with Gasteiger partial charge in [0, 0.05) is 6.07 Å². The molecule has 0 saturated carbocycles. The Morgan fingerprint density at radius 1 is 1.24 bits per heavy atom. The summed E-state index contributed by atoms with van der Waals surface area (Å²) in [6, 6.07) is 18.2. The average molecular weight is 405 g/mol. The topological polar surface area (TPSA) is 102 Å². The minimum absolute atomic E-state index is 0.183. The summed E-state index contributed by atoms with van der Waals surface area (Å²) in [6.45, 7) is -0.219. The van der Waals surface area contributed by atoms with Crippen molar-refractivity contribution in [3.05, 3.63) is 60.3 Å². The van der Waals surface area contributed by atoms with E-state index < -0.39 is 0 Å². The van der Waals surface area contributed by atoms with Crippen LogP contribution >= 0.6 is 11.5 Å². The molecule has 2 heterocycles. The summed E-state index contributed by atoms with van der Waals surface area (Å²) < 4.78 is 17.4. The van der Waals surface area contributed by atoms with E-state index in [-0.39, 0.29) is 18.2 Å². The van der Waals surface area contributed by atoms with E-state index in [0.29, 0.717) is 23.1 Å². The maximum atomic E-state index is 12.4. The van der Waals surface area contributed by atoms with E-state index in [4.69, 9.17) is 9.47 Å². The second-order valence-corrected chi connectivity index (χ2v) is 6.76. The number of nitrogens with one attached hydrogen (secondary N) is 1. The third-order valence-corrected chi connectivity index (χ3v) is 4.90. The van der Waals surface area contributed by atoms with Crippen LogP contribution in [-0.2, 0) is 4.79 Å². The number of anilines is 1. The maximum absolute atomic E-state index is 12.4. The number of ether oxygens (including phenoxy) is 2. The molecule has 4 aromatic rings. The van der Waals surface area contributed by atoms with Crippen LogP contribution in [-0.4, -0.2) is 33.8 Å². The van der Waals surface area contributed by atoms with E-state index in [1.54, 1.807) is 31.4 Å². The summed E-state index contributed by atoms with van der Waals surface area (Å²) >= 11 is 1.31. The number of amides is 1. The van der Waals surface area contributed by atoms with E-state index in [1.165, 1.54) is 22.3 Å². The molecule has 2 aromatic heterocycles. The van der Waals surface area contributed by atoms with Crippen LogP contribution in [0.3, 0.4) is 0 Å². The Morgan fingerprint density at radius 3 is 2.79 bits per heavy atom. The molecule has 0 radical (unpaired) electrons. The summed E-state index contributed by atoms with van der Waals surface area (Å²) in [7, 11) is 1.58. The van der Waals surface area contributed by atoms with Gasteiger partial charge in [0.1, 0.15) is 17.6 Å². The quantitative estimate of drug-likeness (QED) is 0.528. The molecule has 2 aromatic carbocycles. The van der Waals surface area contributed by atoms with Gasteiger partial charge in [-0.1, -0.05) is 12.1 Å². The van der Waals surface area contributed by atoms with Crippen molar-refractivity contribution >= 4 is 33.3 Å². The molecule has 0 fully saturated rings. The summed E-state index contributed by atoms with van der Waals surface area (Å²) in [6.07, 6.45) is 0. The Morgan fingerprint density at radius 2 is 2.03 bits per heavy atom. The van der Waals surface area contributed by atoms with Crippen LogP contribution in [0.4, 0.5) is 5.82 Å². The first-order valence-electron chi connectivity index (χ1n) is 8.59. The third kappa shape index (κ3) is 3.88. The number of carbonyl (C=O) groups excluding carboxylic acids is 1. The monoisotopic (exact) mass is 405 g/mol. The summed E-state index contributed by atoms with van der Waals surface area (Å²) in [5.41, 5.74) is 0.858. The van der Waals surface area contributed by atoms with Gasteiger partial charge in [-0.15, -0.1) is 0 Å². The molecule has 0 aliphatic carbocycles. The number of methoxy groups -OCH3 is 1. The molecule has 0 unspecified atom stereocenters. The van der Waals surface area contributed by atoms with Gasteiger partial charge in [-0.25, -0.2) is 4.68 Å². The largest absolute Gasteiger partial charge is 0.497 e. The van der Waals surface area contributed by atoms with Crippen molar-refractivity contribution in [3.63, 3.8) is 0 Å². The van der Waals surface area contributed by atoms with Crippen molar-refractivity contribution < 1.29 is 14.3 Å². The number of benzene rings is 2. The fourth-order valence-electron chi connectivity index (χ4n) is 2.72. The molecule has 8 nitrogen and oxygen atoms in total. The fraction of sp³-hybridized carbons (Fsp3) is 0.100. The van der Waals surface area contributed by atoms with Gasteiger partial charge in [0.05, 0.1) is 22.9 Å². The average Bonchev–Trinajstić information content (AvgIpc) is 3.36. The lowest BCUT2D eigenvalue weighted by Gasteiger charge is -2.10. The molecule has 0 saturated heterocycles. The first-order valence-corrected chi connectivity index (χ1v) is 9.37. The Hall–Kier alpha value is -3.90. The molecule has 9 heteroatoms. The van der Waals surface area contributed by atoms with Gasteiger partial charge in [-0.3, -0.25) is 4.79 Å². The predicted molar refractivity (Wildman–Crippen MR) is 109 cm³/mol.